The average Bonchev–Trinajstić information content (AvgIpc) is 2.44. The maximum absolute atomic E-state index is 5.85. The molecule has 0 amide bonds. The van der Waals surface area contributed by atoms with Crippen LogP contribution in [0.25, 0.3) is 0 Å². The number of nitrogens with zero attached hydrogens (tertiary/aromatic N) is 2. The number of nitrogen functional groups attached to an aromatic ring is 1. The van der Waals surface area contributed by atoms with Gasteiger partial charge in [-0.05, 0) is 19.8 Å². The highest BCUT2D eigenvalue weighted by Crippen LogP contribution is 2.20. The number of nitrogens with one attached hydrogen (secondary N) is 2. The fourth-order valence-corrected chi connectivity index (χ4v) is 2.36. The molecule has 1 saturated carbocycles. The molecule has 0 saturated heterocycles. The highest BCUT2D eigenvalue weighted by molar-refractivity contribution is 5.41. The van der Waals surface area contributed by atoms with Gasteiger partial charge in [-0.25, -0.2) is 10.8 Å². The number of hydrogen-bond acceptors (Lipinski definition) is 6. The molecule has 6 nitrogen and oxygen atoms in total. The molecule has 19 heavy (non-hydrogen) atoms. The molecule has 0 spiro atoms. The molecule has 6 heteroatoms. The molecule has 1 aromatic rings. The molecule has 0 atom stereocenters. The highest BCUT2D eigenvalue weighted by Gasteiger charge is 2.13. The third-order valence-electron chi connectivity index (χ3n) is 3.30. The van der Waals surface area contributed by atoms with Crippen LogP contribution in [0.15, 0.2) is 6.07 Å². The van der Waals surface area contributed by atoms with Gasteiger partial charge in [0, 0.05) is 18.3 Å². The van der Waals surface area contributed by atoms with Crippen LogP contribution in [0.2, 0.25) is 0 Å². The van der Waals surface area contributed by atoms with Crippen LogP contribution >= 0.6 is 0 Å². The molecular formula is C13H23N5O. The van der Waals surface area contributed by atoms with Crippen LogP contribution in [0, 0.1) is 6.92 Å². The summed E-state index contributed by atoms with van der Waals surface area (Å²) < 4.78 is 5.85. The van der Waals surface area contributed by atoms with Crippen molar-refractivity contribution < 1.29 is 4.74 Å². The van der Waals surface area contributed by atoms with Gasteiger partial charge in [-0.2, -0.15) is 4.98 Å². The number of ether oxygens (including phenoxy) is 1. The van der Waals surface area contributed by atoms with Gasteiger partial charge in [0.2, 0.25) is 5.95 Å². The Morgan fingerprint density at radius 1 is 1.32 bits per heavy atom. The maximum Gasteiger partial charge on any atom is 0.239 e. The first kappa shape index (κ1) is 14.0. The van der Waals surface area contributed by atoms with E-state index in [0.717, 1.165) is 18.1 Å². The van der Waals surface area contributed by atoms with E-state index in [4.69, 9.17) is 10.6 Å². The minimum Gasteiger partial charge on any atom is -0.376 e. The Kier molecular flexibility index (Phi) is 5.35. The van der Waals surface area contributed by atoms with E-state index < -0.39 is 0 Å². The lowest BCUT2D eigenvalue weighted by atomic mass is 9.98. The molecular weight excluding hydrogens is 242 g/mol. The van der Waals surface area contributed by atoms with Crippen LogP contribution in [0.4, 0.5) is 11.8 Å². The second-order valence-corrected chi connectivity index (χ2v) is 4.92. The number of anilines is 2. The van der Waals surface area contributed by atoms with E-state index in [-0.39, 0.29) is 0 Å². The molecule has 0 unspecified atom stereocenters. The lowest BCUT2D eigenvalue weighted by Gasteiger charge is -2.22. The van der Waals surface area contributed by atoms with Crippen molar-refractivity contribution in [3.8, 4) is 0 Å². The van der Waals surface area contributed by atoms with Crippen LogP contribution < -0.4 is 16.6 Å². The number of rotatable bonds is 6. The van der Waals surface area contributed by atoms with Gasteiger partial charge in [0.1, 0.15) is 5.82 Å². The highest BCUT2D eigenvalue weighted by atomic mass is 16.5. The summed E-state index contributed by atoms with van der Waals surface area (Å²) in [6.07, 6.45) is 6.81. The Labute approximate surface area is 114 Å². The molecule has 0 aliphatic heterocycles. The summed E-state index contributed by atoms with van der Waals surface area (Å²) in [7, 11) is 0. The third kappa shape index (κ3) is 4.65. The fraction of sp³-hybridized carbons (Fsp3) is 0.692. The summed E-state index contributed by atoms with van der Waals surface area (Å²) >= 11 is 0. The molecule has 2 rings (SSSR count). The van der Waals surface area contributed by atoms with Gasteiger partial charge < -0.3 is 10.1 Å². The summed E-state index contributed by atoms with van der Waals surface area (Å²) in [5.41, 5.74) is 3.33. The lowest BCUT2D eigenvalue weighted by molar-refractivity contribution is 0.0347. The van der Waals surface area contributed by atoms with Crippen molar-refractivity contribution in [3.63, 3.8) is 0 Å². The van der Waals surface area contributed by atoms with Crippen LogP contribution in [0.1, 0.15) is 37.8 Å². The largest absolute Gasteiger partial charge is 0.376 e. The Balaban J connectivity index is 1.71. The van der Waals surface area contributed by atoms with E-state index in [1.165, 1.54) is 32.1 Å². The SMILES string of the molecule is Cc1cc(NCCOC2CCCCC2)nc(NN)n1. The van der Waals surface area contributed by atoms with Gasteiger partial charge in [-0.1, -0.05) is 19.3 Å². The van der Waals surface area contributed by atoms with Gasteiger partial charge in [0.05, 0.1) is 12.7 Å². The summed E-state index contributed by atoms with van der Waals surface area (Å²) in [4.78, 5) is 8.36. The van der Waals surface area contributed by atoms with E-state index >= 15 is 0 Å². The number of aryl methyl sites for hydroxylation is 1. The molecule has 106 valence electrons. The van der Waals surface area contributed by atoms with Crippen LogP contribution in [-0.2, 0) is 4.74 Å². The molecule has 0 radical (unpaired) electrons. The van der Waals surface area contributed by atoms with E-state index in [1.807, 2.05) is 13.0 Å². The summed E-state index contributed by atoms with van der Waals surface area (Å²) in [6.45, 7) is 3.36. The number of hydrogen-bond donors (Lipinski definition) is 3. The van der Waals surface area contributed by atoms with Crippen LogP contribution in [0.3, 0.4) is 0 Å². The zero-order chi connectivity index (χ0) is 13.5. The van der Waals surface area contributed by atoms with Crippen molar-refractivity contribution in [2.24, 2.45) is 5.84 Å². The van der Waals surface area contributed by atoms with E-state index in [9.17, 15) is 0 Å². The molecule has 1 aromatic heterocycles. The standard InChI is InChI=1S/C13H23N5O/c1-10-9-12(17-13(16-10)18-14)15-7-8-19-11-5-3-2-4-6-11/h9,11H,2-8,14H2,1H3,(H2,15,16,17,18). The molecule has 0 aromatic carbocycles. The number of nitrogens with two attached hydrogens (primary N) is 1. The first-order chi connectivity index (χ1) is 9.28. The zero-order valence-corrected chi connectivity index (χ0v) is 11.5. The van der Waals surface area contributed by atoms with Crippen LogP contribution in [-0.4, -0.2) is 29.2 Å². The first-order valence-electron chi connectivity index (χ1n) is 6.95. The van der Waals surface area contributed by atoms with Crippen molar-refractivity contribution in [3.05, 3.63) is 11.8 Å². The van der Waals surface area contributed by atoms with Crippen molar-refractivity contribution >= 4 is 11.8 Å². The number of hydrazine groups is 1. The maximum atomic E-state index is 5.85. The van der Waals surface area contributed by atoms with Crippen LogP contribution in [0.5, 0.6) is 0 Å². The second kappa shape index (κ2) is 7.25. The predicted octanol–water partition coefficient (Wildman–Crippen LogP) is 1.83. The van der Waals surface area contributed by atoms with Crippen molar-refractivity contribution in [1.82, 2.24) is 9.97 Å². The first-order valence-corrected chi connectivity index (χ1v) is 6.95. The normalized spacial score (nSPS) is 16.3. The van der Waals surface area contributed by atoms with Gasteiger partial charge in [0.15, 0.2) is 0 Å². The van der Waals surface area contributed by atoms with E-state index in [2.05, 4.69) is 20.7 Å². The molecule has 1 aliphatic carbocycles. The van der Waals surface area contributed by atoms with E-state index in [0.29, 0.717) is 18.7 Å². The number of aromatic nitrogens is 2. The predicted molar refractivity (Wildman–Crippen MR) is 75.9 cm³/mol. The smallest absolute Gasteiger partial charge is 0.239 e. The second-order valence-electron chi connectivity index (χ2n) is 4.92. The molecule has 1 aliphatic rings. The minimum atomic E-state index is 0.427. The minimum absolute atomic E-state index is 0.427. The lowest BCUT2D eigenvalue weighted by Crippen LogP contribution is -2.21. The monoisotopic (exact) mass is 265 g/mol. The molecule has 0 bridgehead atoms. The Morgan fingerprint density at radius 2 is 2.11 bits per heavy atom. The summed E-state index contributed by atoms with van der Waals surface area (Å²) in [5, 5.41) is 3.23. The average molecular weight is 265 g/mol. The Bertz CT molecular complexity index is 393. The topological polar surface area (TPSA) is 85.1 Å². The molecule has 1 fully saturated rings. The fourth-order valence-electron chi connectivity index (χ4n) is 2.36. The molecule has 1 heterocycles. The van der Waals surface area contributed by atoms with Gasteiger partial charge >= 0.3 is 0 Å². The van der Waals surface area contributed by atoms with Crippen molar-refractivity contribution in [2.75, 3.05) is 23.9 Å². The van der Waals surface area contributed by atoms with E-state index in [1.54, 1.807) is 0 Å². The Morgan fingerprint density at radius 3 is 2.84 bits per heavy atom. The zero-order valence-electron chi connectivity index (χ0n) is 11.5. The quantitative estimate of drug-likeness (QED) is 0.413. The Hall–Kier alpha value is -1.40. The van der Waals surface area contributed by atoms with Crippen molar-refractivity contribution in [2.45, 2.75) is 45.1 Å². The van der Waals surface area contributed by atoms with Crippen molar-refractivity contribution in [1.29, 1.82) is 0 Å². The van der Waals surface area contributed by atoms with Gasteiger partial charge in [-0.3, -0.25) is 5.43 Å². The third-order valence-corrected chi connectivity index (χ3v) is 3.30. The summed E-state index contributed by atoms with van der Waals surface area (Å²) in [6, 6.07) is 1.89. The van der Waals surface area contributed by atoms with Gasteiger partial charge in [-0.15, -0.1) is 0 Å². The van der Waals surface area contributed by atoms with Gasteiger partial charge in [0.25, 0.3) is 0 Å². The summed E-state index contributed by atoms with van der Waals surface area (Å²) in [5.74, 6) is 6.51. The molecule has 4 N–H and O–H groups in total.